The molecule has 0 heterocycles. The van der Waals surface area contributed by atoms with Crippen molar-refractivity contribution < 1.29 is 0 Å². The Kier molecular flexibility index (Phi) is 2.77. The molecule has 0 atom stereocenters. The highest BCUT2D eigenvalue weighted by atomic mass is 14.6. The van der Waals surface area contributed by atoms with E-state index in [9.17, 15) is 0 Å². The molecule has 0 saturated heterocycles. The summed E-state index contributed by atoms with van der Waals surface area (Å²) in [7, 11) is 0. The summed E-state index contributed by atoms with van der Waals surface area (Å²) in [5, 5.41) is 0. The van der Waals surface area contributed by atoms with E-state index >= 15 is 0 Å². The Labute approximate surface area is 133 Å². The lowest BCUT2D eigenvalue weighted by molar-refractivity contribution is -0.00517. The first-order valence-corrected chi connectivity index (χ1v) is 8.88. The van der Waals surface area contributed by atoms with Crippen molar-refractivity contribution in [1.82, 2.24) is 0 Å². The number of hydrogen-bond acceptors (Lipinski definition) is 0. The summed E-state index contributed by atoms with van der Waals surface area (Å²) in [5.74, 6) is 3.02. The van der Waals surface area contributed by atoms with E-state index in [1.165, 1.54) is 49.7 Å². The minimum atomic E-state index is 0.482. The molecule has 4 saturated carbocycles. The zero-order valence-electron chi connectivity index (χ0n) is 13.1. The molecule has 4 bridgehead atoms. The van der Waals surface area contributed by atoms with Gasteiger partial charge in [0.1, 0.15) is 0 Å². The molecule has 111 valence electrons. The Morgan fingerprint density at radius 1 is 0.773 bits per heavy atom. The maximum absolute atomic E-state index is 3.45. The molecule has 0 N–H and O–H groups in total. The van der Waals surface area contributed by atoms with Crippen molar-refractivity contribution in [3.63, 3.8) is 0 Å². The largest absolute Gasteiger partial charge is 0.0622 e. The summed E-state index contributed by atoms with van der Waals surface area (Å²) >= 11 is 0. The summed E-state index contributed by atoms with van der Waals surface area (Å²) in [4.78, 5) is 0. The van der Waals surface area contributed by atoms with Gasteiger partial charge in [-0.25, -0.2) is 0 Å². The molecule has 0 amide bonds. The molecule has 0 aromatic heterocycles. The predicted molar refractivity (Wildman–Crippen MR) is 90.6 cm³/mol. The summed E-state index contributed by atoms with van der Waals surface area (Å²) in [6.07, 6.45) is 8.85. The Morgan fingerprint density at radius 2 is 1.41 bits per heavy atom. The van der Waals surface area contributed by atoms with E-state index in [-0.39, 0.29) is 0 Å². The van der Waals surface area contributed by atoms with Crippen molar-refractivity contribution in [3.05, 3.63) is 60.2 Å². The topological polar surface area (TPSA) is 0 Å². The van der Waals surface area contributed by atoms with Crippen LogP contribution in [0.1, 0.15) is 44.1 Å². The fourth-order valence-corrected chi connectivity index (χ4v) is 6.04. The van der Waals surface area contributed by atoms with Crippen LogP contribution < -0.4 is 0 Å². The summed E-state index contributed by atoms with van der Waals surface area (Å²) in [6.45, 7) is 0. The van der Waals surface area contributed by atoms with E-state index in [1.807, 2.05) is 0 Å². The highest BCUT2D eigenvalue weighted by Gasteiger charge is 2.51. The zero-order chi connectivity index (χ0) is 14.6. The van der Waals surface area contributed by atoms with Gasteiger partial charge in [0.05, 0.1) is 0 Å². The van der Waals surface area contributed by atoms with Gasteiger partial charge in [-0.2, -0.15) is 0 Å². The predicted octanol–water partition coefficient (Wildman–Crippen LogP) is 5.62. The molecule has 4 aliphatic rings. The maximum atomic E-state index is 3.45. The van der Waals surface area contributed by atoms with Gasteiger partial charge in [0.15, 0.2) is 0 Å². The Bertz CT molecular complexity index is 647. The van der Waals surface area contributed by atoms with Crippen LogP contribution in [-0.4, -0.2) is 0 Å². The summed E-state index contributed by atoms with van der Waals surface area (Å²) in [6, 6.07) is 21.2. The molecule has 0 aliphatic heterocycles. The average Bonchev–Trinajstić information content (AvgIpc) is 2.55. The van der Waals surface area contributed by atoms with Crippen LogP contribution in [0.4, 0.5) is 0 Å². The second-order valence-corrected chi connectivity index (χ2v) is 8.07. The highest BCUT2D eigenvalue weighted by Crippen LogP contribution is 2.60. The van der Waals surface area contributed by atoms with Crippen molar-refractivity contribution in [2.75, 3.05) is 0 Å². The van der Waals surface area contributed by atoms with Gasteiger partial charge in [-0.15, -0.1) is 0 Å². The third-order valence-corrected chi connectivity index (χ3v) is 6.55. The van der Waals surface area contributed by atoms with Crippen LogP contribution in [0.25, 0.3) is 11.1 Å². The number of rotatable bonds is 2. The Morgan fingerprint density at radius 3 is 2.05 bits per heavy atom. The monoisotopic (exact) mass is 287 g/mol. The molecule has 0 nitrogen and oxygen atoms in total. The van der Waals surface area contributed by atoms with E-state index in [1.54, 1.807) is 5.56 Å². The van der Waals surface area contributed by atoms with Gasteiger partial charge < -0.3 is 0 Å². The van der Waals surface area contributed by atoms with E-state index < -0.39 is 0 Å². The Balaban J connectivity index is 1.56. The zero-order valence-corrected chi connectivity index (χ0v) is 13.1. The molecule has 4 fully saturated rings. The second kappa shape index (κ2) is 4.72. The third-order valence-electron chi connectivity index (χ3n) is 6.55. The van der Waals surface area contributed by atoms with Crippen molar-refractivity contribution in [2.45, 2.75) is 43.9 Å². The highest BCUT2D eigenvalue weighted by molar-refractivity contribution is 5.64. The molecule has 0 heteroatoms. The summed E-state index contributed by atoms with van der Waals surface area (Å²) in [5.41, 5.74) is 4.72. The molecule has 2 aromatic rings. The minimum Gasteiger partial charge on any atom is -0.0622 e. The lowest BCUT2D eigenvalue weighted by Crippen LogP contribution is -2.48. The molecular weight excluding hydrogens is 264 g/mol. The molecule has 0 spiro atoms. The maximum Gasteiger partial charge on any atom is -0.00386 e. The van der Waals surface area contributed by atoms with Gasteiger partial charge in [-0.05, 0) is 90.5 Å². The van der Waals surface area contributed by atoms with Crippen LogP contribution in [0.2, 0.25) is 0 Å². The van der Waals surface area contributed by atoms with E-state index in [2.05, 4.69) is 54.6 Å². The molecule has 22 heavy (non-hydrogen) atoms. The van der Waals surface area contributed by atoms with Gasteiger partial charge in [0.25, 0.3) is 0 Å². The first kappa shape index (κ1) is 12.9. The fraction of sp³-hybridized carbons (Fsp3) is 0.455. The molecule has 0 unspecified atom stereocenters. The first-order valence-electron chi connectivity index (χ1n) is 8.88. The second-order valence-electron chi connectivity index (χ2n) is 8.07. The standard InChI is InChI=1S/C22H23/c1-2-5-19(6-3-1)20-7-4-8-21(12-20)22-13-16-9-17(14-22)11-18(10-16)15-22/h1-3,5-8,12,16-18H,9-11,13-15H2. The van der Waals surface area contributed by atoms with Gasteiger partial charge in [0, 0.05) is 0 Å². The van der Waals surface area contributed by atoms with Gasteiger partial charge in [0.2, 0.25) is 0 Å². The van der Waals surface area contributed by atoms with Crippen molar-refractivity contribution in [3.8, 4) is 11.1 Å². The molecule has 4 aliphatic carbocycles. The lowest BCUT2D eigenvalue weighted by atomic mass is 9.48. The van der Waals surface area contributed by atoms with Crippen LogP contribution in [0.3, 0.4) is 0 Å². The first-order chi connectivity index (χ1) is 10.8. The van der Waals surface area contributed by atoms with Crippen molar-refractivity contribution in [2.24, 2.45) is 17.8 Å². The SMILES string of the molecule is [c]1cc(-c2ccccc2)cc(C23CC4CC(CC(C4)C2)C3)c1. The van der Waals surface area contributed by atoms with Crippen LogP contribution >= 0.6 is 0 Å². The van der Waals surface area contributed by atoms with Crippen LogP contribution in [0, 0.1) is 23.8 Å². The van der Waals surface area contributed by atoms with E-state index in [4.69, 9.17) is 0 Å². The average molecular weight is 287 g/mol. The van der Waals surface area contributed by atoms with Crippen molar-refractivity contribution >= 4 is 0 Å². The lowest BCUT2D eigenvalue weighted by Gasteiger charge is -2.57. The summed E-state index contributed by atoms with van der Waals surface area (Å²) < 4.78 is 0. The normalized spacial score (nSPS) is 35.7. The Hall–Kier alpha value is -1.56. The van der Waals surface area contributed by atoms with Gasteiger partial charge >= 0.3 is 0 Å². The van der Waals surface area contributed by atoms with Crippen LogP contribution in [0.5, 0.6) is 0 Å². The number of benzene rings is 2. The van der Waals surface area contributed by atoms with Crippen molar-refractivity contribution in [1.29, 1.82) is 0 Å². The minimum absolute atomic E-state index is 0.482. The van der Waals surface area contributed by atoms with Crippen LogP contribution in [0.15, 0.2) is 48.5 Å². The molecule has 2 aromatic carbocycles. The van der Waals surface area contributed by atoms with E-state index in [0.717, 1.165) is 17.8 Å². The molecular formula is C22H23. The molecule has 6 rings (SSSR count). The quantitative estimate of drug-likeness (QED) is 0.672. The molecule has 1 radical (unpaired) electrons. The van der Waals surface area contributed by atoms with E-state index in [0.29, 0.717) is 5.41 Å². The fourth-order valence-electron chi connectivity index (χ4n) is 6.04. The van der Waals surface area contributed by atoms with Gasteiger partial charge in [-0.1, -0.05) is 42.5 Å². The third kappa shape index (κ3) is 1.96. The van der Waals surface area contributed by atoms with Gasteiger partial charge in [-0.3, -0.25) is 0 Å². The smallest absolute Gasteiger partial charge is 0.00386 e. The van der Waals surface area contributed by atoms with Crippen LogP contribution in [-0.2, 0) is 5.41 Å². The number of hydrogen-bond donors (Lipinski definition) is 0.